The van der Waals surface area contributed by atoms with Crippen LogP contribution in [0.15, 0.2) is 11.8 Å². The number of piperidine rings is 1. The minimum absolute atomic E-state index is 0.0926. The fourth-order valence-corrected chi connectivity index (χ4v) is 2.51. The molecular weight excluding hydrogens is 218 g/mol. The van der Waals surface area contributed by atoms with Gasteiger partial charge in [0.05, 0.1) is 24.5 Å². The van der Waals surface area contributed by atoms with Crippen LogP contribution in [0, 0.1) is 5.92 Å². The Kier molecular flexibility index (Phi) is 4.05. The molecule has 0 radical (unpaired) electrons. The van der Waals surface area contributed by atoms with E-state index in [0.29, 0.717) is 13.2 Å². The standard InChI is InChI=1S/C13H21NO3/c1-10(15)11-4-2-6-14(8-11)13(16)12-5-3-7-17-9-12/h9-11,15H,2-8H2,1H3. The van der Waals surface area contributed by atoms with Crippen molar-refractivity contribution < 1.29 is 14.6 Å². The first-order valence-electron chi connectivity index (χ1n) is 6.46. The maximum atomic E-state index is 12.2. The summed E-state index contributed by atoms with van der Waals surface area (Å²) >= 11 is 0. The molecule has 1 fully saturated rings. The van der Waals surface area contributed by atoms with E-state index in [1.54, 1.807) is 6.26 Å². The zero-order chi connectivity index (χ0) is 12.3. The van der Waals surface area contributed by atoms with E-state index in [2.05, 4.69) is 0 Å². The van der Waals surface area contributed by atoms with Gasteiger partial charge >= 0.3 is 0 Å². The lowest BCUT2D eigenvalue weighted by molar-refractivity contribution is -0.130. The van der Waals surface area contributed by atoms with Crippen molar-refractivity contribution in [1.29, 1.82) is 0 Å². The minimum atomic E-state index is -0.331. The van der Waals surface area contributed by atoms with Crippen LogP contribution in [0.3, 0.4) is 0 Å². The van der Waals surface area contributed by atoms with Crippen LogP contribution in [0.25, 0.3) is 0 Å². The third-order valence-corrected chi connectivity index (χ3v) is 3.64. The monoisotopic (exact) mass is 239 g/mol. The molecular formula is C13H21NO3. The van der Waals surface area contributed by atoms with Crippen molar-refractivity contribution >= 4 is 5.91 Å². The van der Waals surface area contributed by atoms with Gasteiger partial charge in [0.15, 0.2) is 0 Å². The molecule has 0 aromatic rings. The molecule has 0 saturated carbocycles. The number of carbonyl (C=O) groups excluding carboxylic acids is 1. The number of likely N-dealkylation sites (tertiary alicyclic amines) is 1. The molecule has 0 aromatic carbocycles. The van der Waals surface area contributed by atoms with E-state index >= 15 is 0 Å². The first kappa shape index (κ1) is 12.4. The maximum absolute atomic E-state index is 12.2. The summed E-state index contributed by atoms with van der Waals surface area (Å²) in [7, 11) is 0. The highest BCUT2D eigenvalue weighted by Gasteiger charge is 2.28. The smallest absolute Gasteiger partial charge is 0.252 e. The fraction of sp³-hybridized carbons (Fsp3) is 0.769. The van der Waals surface area contributed by atoms with Crippen molar-refractivity contribution in [2.45, 2.75) is 38.7 Å². The van der Waals surface area contributed by atoms with E-state index < -0.39 is 0 Å². The zero-order valence-corrected chi connectivity index (χ0v) is 10.4. The number of aliphatic hydroxyl groups excluding tert-OH is 1. The molecule has 2 rings (SSSR count). The van der Waals surface area contributed by atoms with Crippen molar-refractivity contribution in [3.63, 3.8) is 0 Å². The molecule has 1 amide bonds. The summed E-state index contributed by atoms with van der Waals surface area (Å²) in [5.74, 6) is 0.313. The van der Waals surface area contributed by atoms with Crippen molar-refractivity contribution in [1.82, 2.24) is 4.90 Å². The highest BCUT2D eigenvalue weighted by molar-refractivity contribution is 5.93. The number of carbonyl (C=O) groups is 1. The largest absolute Gasteiger partial charge is 0.501 e. The third kappa shape index (κ3) is 3.00. The second kappa shape index (κ2) is 5.54. The molecule has 2 aliphatic heterocycles. The van der Waals surface area contributed by atoms with Crippen LogP contribution < -0.4 is 0 Å². The van der Waals surface area contributed by atoms with E-state index in [0.717, 1.165) is 37.8 Å². The first-order valence-corrected chi connectivity index (χ1v) is 6.46. The molecule has 2 heterocycles. The highest BCUT2D eigenvalue weighted by Crippen LogP contribution is 2.23. The molecule has 0 bridgehead atoms. The summed E-state index contributed by atoms with van der Waals surface area (Å²) in [5, 5.41) is 9.61. The number of hydrogen-bond donors (Lipinski definition) is 1. The van der Waals surface area contributed by atoms with Gasteiger partial charge in [0.1, 0.15) is 0 Å². The number of aliphatic hydroxyl groups is 1. The van der Waals surface area contributed by atoms with Gasteiger partial charge in [-0.2, -0.15) is 0 Å². The summed E-state index contributed by atoms with van der Waals surface area (Å²) in [5.41, 5.74) is 0.780. The average Bonchev–Trinajstić information content (AvgIpc) is 2.39. The average molecular weight is 239 g/mol. The molecule has 2 aliphatic rings. The van der Waals surface area contributed by atoms with Gasteiger partial charge < -0.3 is 14.7 Å². The van der Waals surface area contributed by atoms with Crippen LogP contribution in [0.2, 0.25) is 0 Å². The highest BCUT2D eigenvalue weighted by atomic mass is 16.5. The second-order valence-corrected chi connectivity index (χ2v) is 5.01. The summed E-state index contributed by atoms with van der Waals surface area (Å²) in [6.45, 7) is 4.00. The Morgan fingerprint density at radius 3 is 3.06 bits per heavy atom. The van der Waals surface area contributed by atoms with Crippen LogP contribution in [-0.4, -0.2) is 41.7 Å². The van der Waals surface area contributed by atoms with E-state index in [-0.39, 0.29) is 17.9 Å². The van der Waals surface area contributed by atoms with Gasteiger partial charge in [0, 0.05) is 19.0 Å². The summed E-state index contributed by atoms with van der Waals surface area (Å²) in [6, 6.07) is 0. The Morgan fingerprint density at radius 1 is 1.59 bits per heavy atom. The van der Waals surface area contributed by atoms with Gasteiger partial charge in [-0.15, -0.1) is 0 Å². The molecule has 4 heteroatoms. The molecule has 1 N–H and O–H groups in total. The molecule has 0 spiro atoms. The molecule has 4 nitrogen and oxygen atoms in total. The number of rotatable bonds is 2. The quantitative estimate of drug-likeness (QED) is 0.790. The first-order chi connectivity index (χ1) is 8.18. The van der Waals surface area contributed by atoms with Crippen molar-refractivity contribution in [2.75, 3.05) is 19.7 Å². The van der Waals surface area contributed by atoms with Crippen molar-refractivity contribution in [3.8, 4) is 0 Å². The van der Waals surface area contributed by atoms with E-state index in [1.807, 2.05) is 11.8 Å². The lowest BCUT2D eigenvalue weighted by Gasteiger charge is -2.35. The molecule has 0 aromatic heterocycles. The van der Waals surface area contributed by atoms with Gasteiger partial charge in [-0.3, -0.25) is 4.79 Å². The van der Waals surface area contributed by atoms with Gasteiger partial charge in [-0.05, 0) is 32.6 Å². The van der Waals surface area contributed by atoms with Crippen LogP contribution >= 0.6 is 0 Å². The van der Waals surface area contributed by atoms with Crippen LogP contribution in [0.4, 0.5) is 0 Å². The number of amides is 1. The summed E-state index contributed by atoms with van der Waals surface area (Å²) < 4.78 is 5.21. The predicted octanol–water partition coefficient (Wildman–Crippen LogP) is 1.30. The van der Waals surface area contributed by atoms with Crippen LogP contribution in [0.1, 0.15) is 32.6 Å². The van der Waals surface area contributed by atoms with Gasteiger partial charge in [-0.25, -0.2) is 0 Å². The molecule has 0 aliphatic carbocycles. The summed E-state index contributed by atoms with van der Waals surface area (Å²) in [4.78, 5) is 14.1. The Balaban J connectivity index is 1.97. The Morgan fingerprint density at radius 2 is 2.41 bits per heavy atom. The van der Waals surface area contributed by atoms with E-state index in [1.165, 1.54) is 0 Å². The number of nitrogens with zero attached hydrogens (tertiary/aromatic N) is 1. The van der Waals surface area contributed by atoms with E-state index in [4.69, 9.17) is 4.74 Å². The fourth-order valence-electron chi connectivity index (χ4n) is 2.51. The Labute approximate surface area is 102 Å². The van der Waals surface area contributed by atoms with E-state index in [9.17, 15) is 9.90 Å². The topological polar surface area (TPSA) is 49.8 Å². The molecule has 1 saturated heterocycles. The number of ether oxygens (including phenoxy) is 1. The van der Waals surface area contributed by atoms with Crippen molar-refractivity contribution in [2.24, 2.45) is 5.92 Å². The SMILES string of the molecule is CC(O)C1CCCN(C(=O)C2=COCCC2)C1. The third-order valence-electron chi connectivity index (χ3n) is 3.64. The van der Waals surface area contributed by atoms with Gasteiger partial charge in [-0.1, -0.05) is 0 Å². The van der Waals surface area contributed by atoms with Gasteiger partial charge in [0.2, 0.25) is 0 Å². The molecule has 96 valence electrons. The Bertz CT molecular complexity index is 312. The van der Waals surface area contributed by atoms with Crippen molar-refractivity contribution in [3.05, 3.63) is 11.8 Å². The molecule has 17 heavy (non-hydrogen) atoms. The summed E-state index contributed by atoms with van der Waals surface area (Å²) in [6.07, 6.45) is 5.01. The molecule has 2 unspecified atom stereocenters. The Hall–Kier alpha value is -1.03. The normalized spacial score (nSPS) is 27.1. The van der Waals surface area contributed by atoms with Gasteiger partial charge in [0.25, 0.3) is 5.91 Å². The van der Waals surface area contributed by atoms with Crippen LogP contribution in [0.5, 0.6) is 0 Å². The second-order valence-electron chi connectivity index (χ2n) is 5.01. The number of hydrogen-bond acceptors (Lipinski definition) is 3. The van der Waals surface area contributed by atoms with Crippen LogP contribution in [-0.2, 0) is 9.53 Å². The maximum Gasteiger partial charge on any atom is 0.252 e. The minimum Gasteiger partial charge on any atom is -0.501 e. The predicted molar refractivity (Wildman–Crippen MR) is 64.3 cm³/mol. The lowest BCUT2D eigenvalue weighted by Crippen LogP contribution is -2.43. The lowest BCUT2D eigenvalue weighted by atomic mass is 9.93. The zero-order valence-electron chi connectivity index (χ0n) is 10.4. The molecule has 2 atom stereocenters.